The van der Waals surface area contributed by atoms with Gasteiger partial charge in [0.1, 0.15) is 5.15 Å². The molecule has 92 valence electrons. The Morgan fingerprint density at radius 1 is 1.39 bits per heavy atom. The number of pyridine rings is 1. The van der Waals surface area contributed by atoms with Crippen molar-refractivity contribution < 1.29 is 4.79 Å². The highest BCUT2D eigenvalue weighted by Gasteiger charge is 2.11. The van der Waals surface area contributed by atoms with Crippen LogP contribution in [0.3, 0.4) is 0 Å². The first kappa shape index (κ1) is 12.4. The van der Waals surface area contributed by atoms with E-state index < -0.39 is 0 Å². The molecule has 3 N–H and O–H groups in total. The Balaban J connectivity index is 2.24. The lowest BCUT2D eigenvalue weighted by Crippen LogP contribution is -2.14. The number of nitrogen functional groups attached to an aromatic ring is 1. The van der Waals surface area contributed by atoms with E-state index in [0.29, 0.717) is 16.9 Å². The Hall–Kier alpha value is -2.07. The van der Waals surface area contributed by atoms with Gasteiger partial charge < -0.3 is 11.1 Å². The number of hydrogen-bond acceptors (Lipinski definition) is 3. The molecule has 4 nitrogen and oxygen atoms in total. The van der Waals surface area contributed by atoms with Gasteiger partial charge in [-0.2, -0.15) is 0 Å². The van der Waals surface area contributed by atoms with Crippen molar-refractivity contribution in [2.24, 2.45) is 0 Å². The molecule has 0 atom stereocenters. The summed E-state index contributed by atoms with van der Waals surface area (Å²) < 4.78 is 0. The normalized spacial score (nSPS) is 10.1. The number of aryl methyl sites for hydroxylation is 1. The smallest absolute Gasteiger partial charge is 0.258 e. The van der Waals surface area contributed by atoms with Gasteiger partial charge in [0, 0.05) is 6.20 Å². The van der Waals surface area contributed by atoms with Crippen molar-refractivity contribution in [2.75, 3.05) is 11.1 Å². The molecular weight excluding hydrogens is 250 g/mol. The third-order valence-corrected chi connectivity index (χ3v) is 2.76. The van der Waals surface area contributed by atoms with Crippen molar-refractivity contribution in [1.82, 2.24) is 4.98 Å². The summed E-state index contributed by atoms with van der Waals surface area (Å²) in [6.45, 7) is 1.93. The van der Waals surface area contributed by atoms with E-state index in [2.05, 4.69) is 10.3 Å². The van der Waals surface area contributed by atoms with Crippen molar-refractivity contribution in [3.63, 3.8) is 0 Å². The average Bonchev–Trinajstić information content (AvgIpc) is 2.33. The summed E-state index contributed by atoms with van der Waals surface area (Å²) in [5, 5.41) is 2.87. The lowest BCUT2D eigenvalue weighted by molar-refractivity contribution is 0.102. The van der Waals surface area contributed by atoms with E-state index in [4.69, 9.17) is 17.3 Å². The fourth-order valence-corrected chi connectivity index (χ4v) is 1.75. The van der Waals surface area contributed by atoms with Gasteiger partial charge in [0.2, 0.25) is 0 Å². The van der Waals surface area contributed by atoms with Crippen molar-refractivity contribution >= 4 is 28.9 Å². The van der Waals surface area contributed by atoms with Crippen LogP contribution in [0, 0.1) is 6.92 Å². The third kappa shape index (κ3) is 2.60. The zero-order chi connectivity index (χ0) is 13.1. The second kappa shape index (κ2) is 5.06. The van der Waals surface area contributed by atoms with Crippen LogP contribution in [0.15, 0.2) is 36.5 Å². The Labute approximate surface area is 110 Å². The number of anilines is 2. The third-order valence-electron chi connectivity index (χ3n) is 2.46. The molecule has 0 aliphatic rings. The largest absolute Gasteiger partial charge is 0.397 e. The van der Waals surface area contributed by atoms with Gasteiger partial charge in [-0.1, -0.05) is 17.7 Å². The maximum absolute atomic E-state index is 12.0. The molecule has 18 heavy (non-hydrogen) atoms. The molecule has 0 saturated carbocycles. The van der Waals surface area contributed by atoms with Crippen LogP contribution in [0.4, 0.5) is 11.4 Å². The summed E-state index contributed by atoms with van der Waals surface area (Å²) in [5.74, 6) is -0.330. The van der Waals surface area contributed by atoms with Gasteiger partial charge in [-0.05, 0) is 36.8 Å². The maximum Gasteiger partial charge on any atom is 0.258 e. The number of nitrogens with two attached hydrogens (primary N) is 1. The summed E-state index contributed by atoms with van der Waals surface area (Å²) in [4.78, 5) is 15.8. The Bertz CT molecular complexity index is 599. The molecule has 5 heteroatoms. The molecule has 1 heterocycles. The summed E-state index contributed by atoms with van der Waals surface area (Å²) in [7, 11) is 0. The molecule has 2 aromatic rings. The number of aromatic nitrogens is 1. The van der Waals surface area contributed by atoms with E-state index in [1.54, 1.807) is 24.3 Å². The Morgan fingerprint density at radius 2 is 2.17 bits per heavy atom. The average molecular weight is 262 g/mol. The summed E-state index contributed by atoms with van der Waals surface area (Å²) in [6, 6.07) is 8.68. The van der Waals surface area contributed by atoms with Crippen LogP contribution in [0.1, 0.15) is 15.9 Å². The highest BCUT2D eigenvalue weighted by molar-refractivity contribution is 6.33. The minimum absolute atomic E-state index is 0.167. The molecule has 0 spiro atoms. The maximum atomic E-state index is 12.0. The van der Waals surface area contributed by atoms with Crippen molar-refractivity contribution in [3.8, 4) is 0 Å². The van der Waals surface area contributed by atoms with Gasteiger partial charge in [-0.25, -0.2) is 4.98 Å². The summed E-state index contributed by atoms with van der Waals surface area (Å²) in [5.41, 5.74) is 8.25. The highest BCUT2D eigenvalue weighted by Crippen LogP contribution is 2.21. The molecule has 0 aliphatic heterocycles. The van der Waals surface area contributed by atoms with Crippen molar-refractivity contribution in [1.29, 1.82) is 0 Å². The number of carbonyl (C=O) groups excluding carboxylic acids is 1. The number of halogens is 1. The number of hydrogen-bond donors (Lipinski definition) is 2. The van der Waals surface area contributed by atoms with Crippen LogP contribution in [0.25, 0.3) is 0 Å². The molecule has 0 aliphatic carbocycles. The number of amides is 1. The first-order valence-corrected chi connectivity index (χ1v) is 5.73. The van der Waals surface area contributed by atoms with Crippen LogP contribution in [-0.2, 0) is 0 Å². The van der Waals surface area contributed by atoms with E-state index in [-0.39, 0.29) is 11.1 Å². The number of rotatable bonds is 2. The quantitative estimate of drug-likeness (QED) is 0.645. The van der Waals surface area contributed by atoms with Gasteiger partial charge >= 0.3 is 0 Å². The van der Waals surface area contributed by atoms with E-state index in [0.717, 1.165) is 5.56 Å². The minimum Gasteiger partial charge on any atom is -0.397 e. The highest BCUT2D eigenvalue weighted by atomic mass is 35.5. The lowest BCUT2D eigenvalue weighted by Gasteiger charge is -2.09. The lowest BCUT2D eigenvalue weighted by atomic mass is 10.2. The standard InChI is InChI=1S/C13H12ClN3O/c1-8-4-5-11(10(15)7-8)17-13(18)9-3-2-6-16-12(9)14/h2-7H,15H2,1H3,(H,17,18). The molecule has 0 saturated heterocycles. The molecular formula is C13H12ClN3O. The predicted molar refractivity (Wildman–Crippen MR) is 72.8 cm³/mol. The first-order valence-electron chi connectivity index (χ1n) is 5.36. The van der Waals surface area contributed by atoms with Crippen LogP contribution in [-0.4, -0.2) is 10.9 Å². The van der Waals surface area contributed by atoms with Crippen LogP contribution < -0.4 is 11.1 Å². The predicted octanol–water partition coefficient (Wildman–Crippen LogP) is 2.88. The number of nitrogens with one attached hydrogen (secondary N) is 1. The monoisotopic (exact) mass is 261 g/mol. The molecule has 0 radical (unpaired) electrons. The van der Waals surface area contributed by atoms with E-state index >= 15 is 0 Å². The van der Waals surface area contributed by atoms with Gasteiger partial charge in [0.15, 0.2) is 0 Å². The fourth-order valence-electron chi connectivity index (χ4n) is 1.54. The fraction of sp³-hybridized carbons (Fsp3) is 0.0769. The van der Waals surface area contributed by atoms with E-state index in [9.17, 15) is 4.79 Å². The molecule has 0 fully saturated rings. The number of carbonyl (C=O) groups is 1. The van der Waals surface area contributed by atoms with Gasteiger partial charge in [0.05, 0.1) is 16.9 Å². The number of nitrogens with zero attached hydrogens (tertiary/aromatic N) is 1. The zero-order valence-electron chi connectivity index (χ0n) is 9.77. The van der Waals surface area contributed by atoms with Crippen LogP contribution >= 0.6 is 11.6 Å². The molecule has 1 aromatic carbocycles. The van der Waals surface area contributed by atoms with Gasteiger partial charge in [-0.3, -0.25) is 4.79 Å². The van der Waals surface area contributed by atoms with Crippen molar-refractivity contribution in [3.05, 3.63) is 52.8 Å². The number of benzene rings is 1. The molecule has 0 unspecified atom stereocenters. The van der Waals surface area contributed by atoms with E-state index in [1.807, 2.05) is 13.0 Å². The summed E-state index contributed by atoms with van der Waals surface area (Å²) >= 11 is 5.85. The SMILES string of the molecule is Cc1ccc(NC(=O)c2cccnc2Cl)c(N)c1. The second-order valence-electron chi connectivity index (χ2n) is 3.89. The molecule has 2 rings (SSSR count). The molecule has 1 aromatic heterocycles. The molecule has 1 amide bonds. The van der Waals surface area contributed by atoms with Crippen LogP contribution in [0.5, 0.6) is 0 Å². The van der Waals surface area contributed by atoms with Gasteiger partial charge in [-0.15, -0.1) is 0 Å². The Kier molecular flexibility index (Phi) is 3.48. The topological polar surface area (TPSA) is 68.0 Å². The summed E-state index contributed by atoms with van der Waals surface area (Å²) in [6.07, 6.45) is 1.53. The van der Waals surface area contributed by atoms with Crippen LogP contribution in [0.2, 0.25) is 5.15 Å². The van der Waals surface area contributed by atoms with Gasteiger partial charge in [0.25, 0.3) is 5.91 Å². The minimum atomic E-state index is -0.330. The Morgan fingerprint density at radius 3 is 2.83 bits per heavy atom. The van der Waals surface area contributed by atoms with E-state index in [1.165, 1.54) is 6.20 Å². The second-order valence-corrected chi connectivity index (χ2v) is 4.24. The molecule has 0 bridgehead atoms. The van der Waals surface area contributed by atoms with Crippen molar-refractivity contribution in [2.45, 2.75) is 6.92 Å². The first-order chi connectivity index (χ1) is 8.58. The zero-order valence-corrected chi connectivity index (χ0v) is 10.5.